The number of halogens is 1. The first kappa shape index (κ1) is 18.5. The fourth-order valence-corrected chi connectivity index (χ4v) is 3.73. The quantitative estimate of drug-likeness (QED) is 0.793. The van der Waals surface area contributed by atoms with Crippen molar-refractivity contribution in [2.45, 2.75) is 19.9 Å². The predicted octanol–water partition coefficient (Wildman–Crippen LogP) is 3.76. The molecule has 1 amide bonds. The summed E-state index contributed by atoms with van der Waals surface area (Å²) in [4.78, 5) is 17.0. The Balaban J connectivity index is 1.42. The minimum absolute atomic E-state index is 0.229. The van der Waals surface area contributed by atoms with E-state index in [2.05, 4.69) is 46.4 Å². The first-order valence-electron chi connectivity index (χ1n) is 9.68. The third-order valence-corrected chi connectivity index (χ3v) is 5.42. The number of carbonyl (C=O) groups excluding carboxylic acids is 1. The van der Waals surface area contributed by atoms with Crippen LogP contribution in [0.2, 0.25) is 0 Å². The van der Waals surface area contributed by atoms with Crippen LogP contribution in [-0.2, 0) is 4.79 Å². The summed E-state index contributed by atoms with van der Waals surface area (Å²) >= 11 is 0. The molecule has 5 nitrogen and oxygen atoms in total. The Morgan fingerprint density at radius 3 is 2.46 bits per heavy atom. The summed E-state index contributed by atoms with van der Waals surface area (Å²) in [5.41, 5.74) is 3.83. The van der Waals surface area contributed by atoms with Gasteiger partial charge < -0.3 is 15.5 Å². The summed E-state index contributed by atoms with van der Waals surface area (Å²) in [6, 6.07) is 13.1. The van der Waals surface area contributed by atoms with Crippen molar-refractivity contribution in [3.05, 3.63) is 60.0 Å². The maximum atomic E-state index is 13.3. The highest BCUT2D eigenvalue weighted by molar-refractivity contribution is 6.31. The molecule has 0 aliphatic carbocycles. The molecule has 2 N–H and O–H groups in total. The molecule has 0 spiro atoms. The number of anilines is 3. The van der Waals surface area contributed by atoms with Crippen LogP contribution in [0.5, 0.6) is 0 Å². The average molecular weight is 380 g/mol. The number of hydrogen-bond acceptors (Lipinski definition) is 4. The molecule has 1 saturated heterocycles. The topological polar surface area (TPSA) is 47.6 Å². The number of amides is 1. The monoisotopic (exact) mass is 380 g/mol. The largest absolute Gasteiger partial charge is 0.369 e. The Morgan fingerprint density at radius 1 is 1.07 bits per heavy atom. The van der Waals surface area contributed by atoms with Gasteiger partial charge in [-0.1, -0.05) is 0 Å². The van der Waals surface area contributed by atoms with Crippen molar-refractivity contribution >= 4 is 28.5 Å². The SMILES string of the molecule is CC(C)N1CCN(c2ccc(N/C=C3/C(=O)Nc4cc(F)ccc43)cc2)CC1. The molecule has 6 heteroatoms. The van der Waals surface area contributed by atoms with Gasteiger partial charge in [-0.05, 0) is 56.3 Å². The highest BCUT2D eigenvalue weighted by atomic mass is 19.1. The Labute approximate surface area is 164 Å². The van der Waals surface area contributed by atoms with E-state index >= 15 is 0 Å². The van der Waals surface area contributed by atoms with E-state index < -0.39 is 0 Å². The molecule has 28 heavy (non-hydrogen) atoms. The second kappa shape index (κ2) is 7.64. The third kappa shape index (κ3) is 3.73. The smallest absolute Gasteiger partial charge is 0.257 e. The summed E-state index contributed by atoms with van der Waals surface area (Å²) in [6.45, 7) is 8.71. The predicted molar refractivity (Wildman–Crippen MR) is 112 cm³/mol. The summed E-state index contributed by atoms with van der Waals surface area (Å²) in [6.07, 6.45) is 1.68. The second-order valence-electron chi connectivity index (χ2n) is 7.51. The fraction of sp³-hybridized carbons (Fsp3) is 0.318. The molecule has 0 radical (unpaired) electrons. The molecule has 4 rings (SSSR count). The molecule has 2 aromatic rings. The molecule has 0 aromatic heterocycles. The lowest BCUT2D eigenvalue weighted by Crippen LogP contribution is -2.48. The number of carbonyl (C=O) groups is 1. The second-order valence-corrected chi connectivity index (χ2v) is 7.51. The van der Waals surface area contributed by atoms with Crippen molar-refractivity contribution in [3.8, 4) is 0 Å². The van der Waals surface area contributed by atoms with Crippen LogP contribution < -0.4 is 15.5 Å². The van der Waals surface area contributed by atoms with Crippen molar-refractivity contribution in [2.24, 2.45) is 0 Å². The molecule has 1 fully saturated rings. The minimum atomic E-state index is -0.363. The van der Waals surface area contributed by atoms with Crippen LogP contribution in [0.1, 0.15) is 19.4 Å². The Hall–Kier alpha value is -2.86. The van der Waals surface area contributed by atoms with Gasteiger partial charge in [0.15, 0.2) is 0 Å². The first-order chi connectivity index (χ1) is 13.5. The number of piperazine rings is 1. The van der Waals surface area contributed by atoms with E-state index in [0.717, 1.165) is 31.9 Å². The van der Waals surface area contributed by atoms with Crippen molar-refractivity contribution in [1.82, 2.24) is 4.90 Å². The Morgan fingerprint density at radius 2 is 1.79 bits per heavy atom. The van der Waals surface area contributed by atoms with Crippen LogP contribution in [0.3, 0.4) is 0 Å². The molecular formula is C22H25FN4O. The molecule has 2 aliphatic rings. The van der Waals surface area contributed by atoms with Gasteiger partial charge in [0.05, 0.1) is 11.3 Å². The van der Waals surface area contributed by atoms with E-state index in [1.165, 1.54) is 17.8 Å². The van der Waals surface area contributed by atoms with Gasteiger partial charge in [-0.15, -0.1) is 0 Å². The third-order valence-electron chi connectivity index (χ3n) is 5.42. The van der Waals surface area contributed by atoms with E-state index in [-0.39, 0.29) is 11.7 Å². The molecular weight excluding hydrogens is 355 g/mol. The van der Waals surface area contributed by atoms with E-state index in [0.29, 0.717) is 22.9 Å². The van der Waals surface area contributed by atoms with Crippen LogP contribution in [0, 0.1) is 5.82 Å². The molecule has 0 unspecified atom stereocenters. The zero-order valence-electron chi connectivity index (χ0n) is 16.2. The van der Waals surface area contributed by atoms with Crippen LogP contribution >= 0.6 is 0 Å². The van der Waals surface area contributed by atoms with E-state index in [9.17, 15) is 9.18 Å². The van der Waals surface area contributed by atoms with Crippen molar-refractivity contribution in [1.29, 1.82) is 0 Å². The summed E-state index contributed by atoms with van der Waals surface area (Å²) < 4.78 is 13.3. The summed E-state index contributed by atoms with van der Waals surface area (Å²) in [7, 11) is 0. The molecule has 0 saturated carbocycles. The number of benzene rings is 2. The zero-order valence-corrected chi connectivity index (χ0v) is 16.2. The van der Waals surface area contributed by atoms with Crippen LogP contribution in [-0.4, -0.2) is 43.0 Å². The number of fused-ring (bicyclic) bond motifs is 1. The zero-order chi connectivity index (χ0) is 19.7. The number of nitrogens with one attached hydrogen (secondary N) is 2. The molecule has 0 bridgehead atoms. The lowest BCUT2D eigenvalue weighted by molar-refractivity contribution is -0.110. The van der Waals surface area contributed by atoms with Gasteiger partial charge in [0.25, 0.3) is 5.91 Å². The highest BCUT2D eigenvalue weighted by Gasteiger charge is 2.24. The summed E-state index contributed by atoms with van der Waals surface area (Å²) in [5, 5.41) is 5.87. The average Bonchev–Trinajstić information content (AvgIpc) is 3.01. The maximum Gasteiger partial charge on any atom is 0.257 e. The van der Waals surface area contributed by atoms with Crippen molar-refractivity contribution < 1.29 is 9.18 Å². The highest BCUT2D eigenvalue weighted by Crippen LogP contribution is 2.32. The molecule has 2 aliphatic heterocycles. The van der Waals surface area contributed by atoms with E-state index in [1.807, 2.05) is 12.1 Å². The molecule has 0 atom stereocenters. The van der Waals surface area contributed by atoms with Crippen molar-refractivity contribution in [3.63, 3.8) is 0 Å². The number of hydrogen-bond donors (Lipinski definition) is 2. The lowest BCUT2D eigenvalue weighted by Gasteiger charge is -2.38. The van der Waals surface area contributed by atoms with Crippen LogP contribution in [0.25, 0.3) is 5.57 Å². The van der Waals surface area contributed by atoms with Crippen molar-refractivity contribution in [2.75, 3.05) is 41.7 Å². The maximum absolute atomic E-state index is 13.3. The van der Waals surface area contributed by atoms with Gasteiger partial charge in [0.1, 0.15) is 5.82 Å². The van der Waals surface area contributed by atoms with Gasteiger partial charge in [-0.3, -0.25) is 9.69 Å². The fourth-order valence-electron chi connectivity index (χ4n) is 3.73. The van der Waals surface area contributed by atoms with Crippen LogP contribution in [0.15, 0.2) is 48.7 Å². The van der Waals surface area contributed by atoms with Crippen LogP contribution in [0.4, 0.5) is 21.5 Å². The van der Waals surface area contributed by atoms with E-state index in [1.54, 1.807) is 12.3 Å². The number of rotatable bonds is 4. The molecule has 2 heterocycles. The van der Waals surface area contributed by atoms with Gasteiger partial charge in [0.2, 0.25) is 0 Å². The number of nitrogens with zero attached hydrogens (tertiary/aromatic N) is 2. The Bertz CT molecular complexity index is 899. The summed E-state index contributed by atoms with van der Waals surface area (Å²) in [5.74, 6) is -0.592. The lowest BCUT2D eigenvalue weighted by atomic mass is 10.1. The molecule has 2 aromatic carbocycles. The van der Waals surface area contributed by atoms with Gasteiger partial charge in [0, 0.05) is 55.4 Å². The van der Waals surface area contributed by atoms with Gasteiger partial charge >= 0.3 is 0 Å². The minimum Gasteiger partial charge on any atom is -0.369 e. The standard InChI is InChI=1S/C22H25FN4O/c1-15(2)26-9-11-27(12-10-26)18-6-4-17(5-7-18)24-14-20-19-8-3-16(23)13-21(19)25-22(20)28/h3-8,13-15,24H,9-12H2,1-2H3,(H,25,28)/b20-14+. The Kier molecular flexibility index (Phi) is 5.05. The first-order valence-corrected chi connectivity index (χ1v) is 9.68. The normalized spacial score (nSPS) is 18.5. The van der Waals surface area contributed by atoms with Gasteiger partial charge in [-0.25, -0.2) is 4.39 Å². The van der Waals surface area contributed by atoms with E-state index in [4.69, 9.17) is 0 Å². The molecule has 146 valence electrons. The van der Waals surface area contributed by atoms with Gasteiger partial charge in [-0.2, -0.15) is 0 Å².